The van der Waals surface area contributed by atoms with E-state index in [0.29, 0.717) is 16.0 Å². The Hall–Kier alpha value is -2.76. The number of rotatable bonds is 5. The van der Waals surface area contributed by atoms with Gasteiger partial charge in [0.05, 0.1) is 12.5 Å². The van der Waals surface area contributed by atoms with Gasteiger partial charge in [-0.15, -0.1) is 11.3 Å². The van der Waals surface area contributed by atoms with Gasteiger partial charge in [-0.25, -0.2) is 22.4 Å². The molecule has 0 radical (unpaired) electrons. The fourth-order valence-electron chi connectivity index (χ4n) is 2.53. The van der Waals surface area contributed by atoms with E-state index in [2.05, 4.69) is 10.4 Å². The van der Waals surface area contributed by atoms with Crippen LogP contribution in [-0.4, -0.2) is 49.5 Å². The minimum Gasteiger partial charge on any atom is -0.495 e. The van der Waals surface area contributed by atoms with E-state index >= 15 is 0 Å². The molecule has 3 aromatic rings. The second-order valence-electron chi connectivity index (χ2n) is 6.03. The number of benzene rings is 1. The summed E-state index contributed by atoms with van der Waals surface area (Å²) in [5.74, 6) is -0.234. The van der Waals surface area contributed by atoms with E-state index in [1.807, 2.05) is 0 Å². The molecule has 0 aliphatic rings. The molecule has 0 bridgehead atoms. The van der Waals surface area contributed by atoms with Gasteiger partial charge in [-0.1, -0.05) is 0 Å². The number of aryl methyl sites for hydroxylation is 1. The largest absolute Gasteiger partial charge is 0.495 e. The summed E-state index contributed by atoms with van der Waals surface area (Å²) in [5, 5.41) is 2.13. The molecule has 9 nitrogen and oxygen atoms in total. The molecule has 2 heterocycles. The number of thiophene rings is 1. The molecule has 11 heteroatoms. The Morgan fingerprint density at radius 1 is 1.29 bits per heavy atom. The molecule has 0 atom stereocenters. The number of hydrogen-bond acceptors (Lipinski definition) is 7. The summed E-state index contributed by atoms with van der Waals surface area (Å²) in [5.41, 5.74) is 2.12. The van der Waals surface area contributed by atoms with Crippen molar-refractivity contribution in [2.45, 2.75) is 11.8 Å². The van der Waals surface area contributed by atoms with Crippen LogP contribution in [-0.2, 0) is 10.0 Å². The molecule has 0 spiro atoms. The van der Waals surface area contributed by atoms with E-state index in [4.69, 9.17) is 4.74 Å². The van der Waals surface area contributed by atoms with Gasteiger partial charge in [-0.3, -0.25) is 15.0 Å². The first-order chi connectivity index (χ1) is 13.2. The number of carbonyl (C=O) groups excluding carboxylic acids is 1. The van der Waals surface area contributed by atoms with Crippen LogP contribution in [0.1, 0.15) is 16.2 Å². The van der Waals surface area contributed by atoms with Gasteiger partial charge in [0.25, 0.3) is 11.5 Å². The Bertz CT molecular complexity index is 1230. The first-order valence-corrected chi connectivity index (χ1v) is 10.4. The van der Waals surface area contributed by atoms with E-state index in [9.17, 15) is 18.0 Å². The number of methoxy groups -OCH3 is 1. The van der Waals surface area contributed by atoms with Crippen LogP contribution < -0.4 is 15.7 Å². The van der Waals surface area contributed by atoms with Crippen molar-refractivity contribution in [2.24, 2.45) is 0 Å². The molecule has 2 aromatic heterocycles. The van der Waals surface area contributed by atoms with Gasteiger partial charge in [-0.05, 0) is 36.6 Å². The van der Waals surface area contributed by atoms with Gasteiger partial charge < -0.3 is 4.74 Å². The van der Waals surface area contributed by atoms with Crippen LogP contribution in [0.5, 0.6) is 5.75 Å². The number of aromatic nitrogens is 2. The van der Waals surface area contributed by atoms with E-state index in [1.54, 1.807) is 18.4 Å². The molecule has 0 fully saturated rings. The molecule has 148 valence electrons. The number of ether oxygens (including phenoxy) is 1. The molecule has 0 aliphatic carbocycles. The zero-order valence-electron chi connectivity index (χ0n) is 15.6. The smallest absolute Gasteiger partial charge is 0.281 e. The Kier molecular flexibility index (Phi) is 5.24. The lowest BCUT2D eigenvalue weighted by atomic mass is 10.2. The molecular formula is C17H18N4O5S2. The van der Waals surface area contributed by atoms with E-state index in [-0.39, 0.29) is 16.2 Å². The number of sulfonamides is 1. The molecule has 0 aliphatic heterocycles. The quantitative estimate of drug-likeness (QED) is 0.666. The Balaban J connectivity index is 2.04. The maximum absolute atomic E-state index is 12.7. The molecule has 0 saturated carbocycles. The standard InChI is InChI=1S/C17H18N4O5S2/c1-10-18-16-12(7-8-27-16)17(23)21(10)19-15(22)11-5-6-13(26-4)14(9-11)28(24,25)20(2)3/h5-9H,1-4H3,(H,19,22). The summed E-state index contributed by atoms with van der Waals surface area (Å²) in [6.45, 7) is 1.59. The Morgan fingerprint density at radius 2 is 2.00 bits per heavy atom. The van der Waals surface area contributed by atoms with Crippen LogP contribution in [0.4, 0.5) is 0 Å². The van der Waals surface area contributed by atoms with Crippen molar-refractivity contribution in [3.8, 4) is 5.75 Å². The first kappa shape index (κ1) is 20.0. The number of nitrogens with zero attached hydrogens (tertiary/aromatic N) is 3. The second kappa shape index (κ2) is 7.34. The molecule has 28 heavy (non-hydrogen) atoms. The van der Waals surface area contributed by atoms with E-state index in [0.717, 1.165) is 8.98 Å². The van der Waals surface area contributed by atoms with Crippen LogP contribution in [0.3, 0.4) is 0 Å². The SMILES string of the molecule is COc1ccc(C(=O)Nn2c(C)nc3sccc3c2=O)cc1S(=O)(=O)N(C)C. The lowest BCUT2D eigenvalue weighted by Gasteiger charge is -2.16. The van der Waals surface area contributed by atoms with Crippen molar-refractivity contribution in [2.75, 3.05) is 26.6 Å². The van der Waals surface area contributed by atoms with Gasteiger partial charge in [0.15, 0.2) is 0 Å². The van der Waals surface area contributed by atoms with Crippen LogP contribution in [0.2, 0.25) is 0 Å². The molecule has 1 aromatic carbocycles. The summed E-state index contributed by atoms with van der Waals surface area (Å²) in [6, 6.07) is 5.65. The lowest BCUT2D eigenvalue weighted by Crippen LogP contribution is -2.35. The number of fused-ring (bicyclic) bond motifs is 1. The fraction of sp³-hybridized carbons (Fsp3) is 0.235. The van der Waals surface area contributed by atoms with E-state index in [1.165, 1.54) is 50.7 Å². The third-order valence-electron chi connectivity index (χ3n) is 4.06. The third-order valence-corrected chi connectivity index (χ3v) is 6.71. The fourth-order valence-corrected chi connectivity index (χ4v) is 4.40. The zero-order valence-corrected chi connectivity index (χ0v) is 17.2. The zero-order chi connectivity index (χ0) is 20.6. The van der Waals surface area contributed by atoms with Crippen LogP contribution in [0.25, 0.3) is 10.2 Å². The Morgan fingerprint density at radius 3 is 2.64 bits per heavy atom. The maximum atomic E-state index is 12.7. The lowest BCUT2D eigenvalue weighted by molar-refractivity contribution is 0.101. The second-order valence-corrected chi connectivity index (χ2v) is 9.05. The molecule has 0 unspecified atom stereocenters. The monoisotopic (exact) mass is 422 g/mol. The van der Waals surface area contributed by atoms with Crippen LogP contribution in [0.15, 0.2) is 39.3 Å². The summed E-state index contributed by atoms with van der Waals surface area (Å²) in [7, 11) is 0.267. The van der Waals surface area contributed by atoms with E-state index < -0.39 is 21.5 Å². The minimum atomic E-state index is -3.84. The van der Waals surface area contributed by atoms with Crippen molar-refractivity contribution < 1.29 is 17.9 Å². The summed E-state index contributed by atoms with van der Waals surface area (Å²) in [6.07, 6.45) is 0. The molecule has 0 saturated heterocycles. The van der Waals surface area contributed by atoms with Gasteiger partial charge in [0.2, 0.25) is 10.0 Å². The van der Waals surface area contributed by atoms with Crippen molar-refractivity contribution in [3.05, 3.63) is 51.4 Å². The van der Waals surface area contributed by atoms with Gasteiger partial charge in [0, 0.05) is 19.7 Å². The minimum absolute atomic E-state index is 0.0536. The predicted octanol–water partition coefficient (Wildman–Crippen LogP) is 1.41. The van der Waals surface area contributed by atoms with Gasteiger partial charge in [0.1, 0.15) is 21.3 Å². The van der Waals surface area contributed by atoms with Crippen molar-refractivity contribution in [1.29, 1.82) is 0 Å². The van der Waals surface area contributed by atoms with Crippen LogP contribution in [0, 0.1) is 6.92 Å². The number of carbonyl (C=O) groups is 1. The number of hydrogen-bond donors (Lipinski definition) is 1. The third kappa shape index (κ3) is 3.39. The number of amides is 1. The molecule has 1 amide bonds. The highest BCUT2D eigenvalue weighted by Crippen LogP contribution is 2.27. The predicted molar refractivity (Wildman–Crippen MR) is 106 cm³/mol. The summed E-state index contributed by atoms with van der Waals surface area (Å²) >= 11 is 1.33. The van der Waals surface area contributed by atoms with Gasteiger partial charge >= 0.3 is 0 Å². The Labute approximate surface area is 165 Å². The van der Waals surface area contributed by atoms with Crippen molar-refractivity contribution in [3.63, 3.8) is 0 Å². The number of nitrogens with one attached hydrogen (secondary N) is 1. The topological polar surface area (TPSA) is 111 Å². The average molecular weight is 422 g/mol. The summed E-state index contributed by atoms with van der Waals surface area (Å²) < 4.78 is 32.2. The molecule has 1 N–H and O–H groups in total. The highest BCUT2D eigenvalue weighted by molar-refractivity contribution is 7.89. The average Bonchev–Trinajstić information content (AvgIpc) is 3.12. The van der Waals surface area contributed by atoms with Crippen molar-refractivity contribution >= 4 is 37.5 Å². The molecular weight excluding hydrogens is 404 g/mol. The maximum Gasteiger partial charge on any atom is 0.281 e. The normalized spacial score (nSPS) is 11.8. The van der Waals surface area contributed by atoms with Crippen molar-refractivity contribution in [1.82, 2.24) is 14.0 Å². The highest BCUT2D eigenvalue weighted by Gasteiger charge is 2.24. The van der Waals surface area contributed by atoms with Gasteiger partial charge in [-0.2, -0.15) is 0 Å². The highest BCUT2D eigenvalue weighted by atomic mass is 32.2. The van der Waals surface area contributed by atoms with Crippen LogP contribution >= 0.6 is 11.3 Å². The summed E-state index contributed by atoms with van der Waals surface area (Å²) in [4.78, 5) is 30.0. The first-order valence-electron chi connectivity index (χ1n) is 8.05. The molecule has 3 rings (SSSR count).